The standard InChI is InChI=1S/C21H17ClF3N5O2S/c1-31-10-9-30-19(13-5-7-16(22)8-6-13)27-28-20(30)33-12-17-26-18(29-32-17)14-3-2-4-15(11-14)21(23,24)25/h2-8,11H,9-10,12H2,1H3. The normalized spacial score (nSPS) is 11.8. The molecule has 0 aliphatic rings. The summed E-state index contributed by atoms with van der Waals surface area (Å²) < 4.78 is 51.2. The Labute approximate surface area is 195 Å². The number of halogens is 4. The van der Waals surface area contributed by atoms with E-state index in [1.807, 2.05) is 16.7 Å². The van der Waals surface area contributed by atoms with Crippen LogP contribution in [0, 0.1) is 0 Å². The monoisotopic (exact) mass is 495 g/mol. The Bertz CT molecular complexity index is 1230. The maximum Gasteiger partial charge on any atom is 0.416 e. The number of hydrogen-bond acceptors (Lipinski definition) is 7. The summed E-state index contributed by atoms with van der Waals surface area (Å²) >= 11 is 7.29. The zero-order chi connectivity index (χ0) is 23.4. The van der Waals surface area contributed by atoms with Gasteiger partial charge in [0.2, 0.25) is 11.7 Å². The molecular weight excluding hydrogens is 479 g/mol. The third-order valence-electron chi connectivity index (χ3n) is 4.58. The summed E-state index contributed by atoms with van der Waals surface area (Å²) in [7, 11) is 1.60. The van der Waals surface area contributed by atoms with Crippen LogP contribution < -0.4 is 0 Å². The largest absolute Gasteiger partial charge is 0.416 e. The molecule has 0 aliphatic heterocycles. The molecule has 2 aromatic carbocycles. The Morgan fingerprint density at radius 1 is 1.09 bits per heavy atom. The molecule has 0 aliphatic carbocycles. The molecule has 4 rings (SSSR count). The quantitative estimate of drug-likeness (QED) is 0.294. The van der Waals surface area contributed by atoms with E-state index in [0.717, 1.165) is 17.7 Å². The smallest absolute Gasteiger partial charge is 0.383 e. The number of nitrogens with zero attached hydrogens (tertiary/aromatic N) is 5. The minimum atomic E-state index is -4.45. The lowest BCUT2D eigenvalue weighted by atomic mass is 10.1. The predicted octanol–water partition coefficient (Wildman–Crippen LogP) is 5.61. The number of methoxy groups -OCH3 is 1. The fraction of sp³-hybridized carbons (Fsp3) is 0.238. The summed E-state index contributed by atoms with van der Waals surface area (Å²) in [4.78, 5) is 4.22. The highest BCUT2D eigenvalue weighted by molar-refractivity contribution is 7.98. The van der Waals surface area contributed by atoms with E-state index in [0.29, 0.717) is 29.2 Å². The fourth-order valence-electron chi connectivity index (χ4n) is 2.98. The van der Waals surface area contributed by atoms with Crippen molar-refractivity contribution >= 4 is 23.4 Å². The summed E-state index contributed by atoms with van der Waals surface area (Å²) in [6.45, 7) is 0.968. The molecule has 33 heavy (non-hydrogen) atoms. The Kier molecular flexibility index (Phi) is 7.01. The van der Waals surface area contributed by atoms with Crippen molar-refractivity contribution in [2.24, 2.45) is 0 Å². The number of alkyl halides is 3. The van der Waals surface area contributed by atoms with Crippen LogP contribution in [0.5, 0.6) is 0 Å². The highest BCUT2D eigenvalue weighted by atomic mass is 35.5. The van der Waals surface area contributed by atoms with Gasteiger partial charge in [-0.05, 0) is 36.4 Å². The Morgan fingerprint density at radius 3 is 2.61 bits per heavy atom. The number of aromatic nitrogens is 5. The summed E-state index contributed by atoms with van der Waals surface area (Å²) in [6.07, 6.45) is -4.45. The van der Waals surface area contributed by atoms with Gasteiger partial charge in [-0.3, -0.25) is 4.57 Å². The van der Waals surface area contributed by atoms with Gasteiger partial charge < -0.3 is 9.26 Å². The van der Waals surface area contributed by atoms with Crippen LogP contribution in [-0.2, 0) is 23.2 Å². The van der Waals surface area contributed by atoms with Gasteiger partial charge in [-0.15, -0.1) is 10.2 Å². The third kappa shape index (κ3) is 5.55. The van der Waals surface area contributed by atoms with Crippen LogP contribution in [0.15, 0.2) is 58.2 Å². The van der Waals surface area contributed by atoms with Crippen LogP contribution in [0.25, 0.3) is 22.8 Å². The molecular formula is C21H17ClF3N5O2S. The van der Waals surface area contributed by atoms with Gasteiger partial charge in [-0.25, -0.2) is 0 Å². The molecule has 0 bridgehead atoms. The molecule has 2 heterocycles. The van der Waals surface area contributed by atoms with Gasteiger partial charge in [-0.1, -0.05) is 40.7 Å². The lowest BCUT2D eigenvalue weighted by Crippen LogP contribution is -2.07. The van der Waals surface area contributed by atoms with Gasteiger partial charge in [-0.2, -0.15) is 18.2 Å². The topological polar surface area (TPSA) is 78.9 Å². The minimum absolute atomic E-state index is 0.0828. The van der Waals surface area contributed by atoms with Gasteiger partial charge in [0, 0.05) is 23.3 Å². The third-order valence-corrected chi connectivity index (χ3v) is 5.78. The second-order valence-corrected chi connectivity index (χ2v) is 8.22. The molecule has 0 fully saturated rings. The van der Waals surface area contributed by atoms with Gasteiger partial charge in [0.15, 0.2) is 11.0 Å². The first-order valence-corrected chi connectivity index (χ1v) is 11.0. The summed E-state index contributed by atoms with van der Waals surface area (Å²) in [5.74, 6) is 1.25. The lowest BCUT2D eigenvalue weighted by molar-refractivity contribution is -0.137. The lowest BCUT2D eigenvalue weighted by Gasteiger charge is -2.09. The van der Waals surface area contributed by atoms with Crippen LogP contribution in [-0.4, -0.2) is 38.6 Å². The van der Waals surface area contributed by atoms with Crippen LogP contribution >= 0.6 is 23.4 Å². The number of thioether (sulfide) groups is 1. The summed E-state index contributed by atoms with van der Waals surface area (Å²) in [6, 6.07) is 12.0. The summed E-state index contributed by atoms with van der Waals surface area (Å²) in [5, 5.41) is 13.6. The van der Waals surface area contributed by atoms with Crippen molar-refractivity contribution in [3.05, 3.63) is 65.0 Å². The molecule has 0 radical (unpaired) electrons. The van der Waals surface area contributed by atoms with Crippen molar-refractivity contribution in [3.63, 3.8) is 0 Å². The highest BCUT2D eigenvalue weighted by Crippen LogP contribution is 2.32. The fourth-order valence-corrected chi connectivity index (χ4v) is 3.91. The molecule has 0 amide bonds. The Hall–Kier alpha value is -2.89. The van der Waals surface area contributed by atoms with E-state index >= 15 is 0 Å². The van der Waals surface area contributed by atoms with E-state index in [4.69, 9.17) is 20.9 Å². The molecule has 0 saturated heterocycles. The molecule has 0 spiro atoms. The number of benzene rings is 2. The van der Waals surface area contributed by atoms with Crippen molar-refractivity contribution in [1.82, 2.24) is 24.9 Å². The highest BCUT2D eigenvalue weighted by Gasteiger charge is 2.30. The molecule has 172 valence electrons. The van der Waals surface area contributed by atoms with Crippen LogP contribution in [0.4, 0.5) is 13.2 Å². The maximum absolute atomic E-state index is 13.0. The van der Waals surface area contributed by atoms with Crippen LogP contribution in [0.1, 0.15) is 11.5 Å². The number of rotatable bonds is 8. The van der Waals surface area contributed by atoms with Crippen molar-refractivity contribution in [2.75, 3.05) is 13.7 Å². The van der Waals surface area contributed by atoms with Crippen molar-refractivity contribution in [1.29, 1.82) is 0 Å². The van der Waals surface area contributed by atoms with Crippen molar-refractivity contribution in [3.8, 4) is 22.8 Å². The van der Waals surface area contributed by atoms with Gasteiger partial charge in [0.1, 0.15) is 0 Å². The first-order valence-electron chi connectivity index (χ1n) is 9.66. The number of hydrogen-bond donors (Lipinski definition) is 0. The maximum atomic E-state index is 13.0. The van der Waals surface area contributed by atoms with Crippen LogP contribution in [0.2, 0.25) is 5.02 Å². The second-order valence-electron chi connectivity index (χ2n) is 6.84. The molecule has 7 nitrogen and oxygen atoms in total. The second kappa shape index (κ2) is 9.94. The van der Waals surface area contributed by atoms with E-state index < -0.39 is 11.7 Å². The van der Waals surface area contributed by atoms with Gasteiger partial charge in [0.25, 0.3) is 0 Å². The van der Waals surface area contributed by atoms with E-state index in [9.17, 15) is 13.2 Å². The molecule has 12 heteroatoms. The van der Waals surface area contributed by atoms with Crippen LogP contribution in [0.3, 0.4) is 0 Å². The Morgan fingerprint density at radius 2 is 1.88 bits per heavy atom. The molecule has 2 aromatic heterocycles. The first-order chi connectivity index (χ1) is 15.8. The summed E-state index contributed by atoms with van der Waals surface area (Å²) in [5.41, 5.74) is 0.291. The molecule has 0 atom stereocenters. The predicted molar refractivity (Wildman–Crippen MR) is 117 cm³/mol. The zero-order valence-corrected chi connectivity index (χ0v) is 18.8. The molecule has 0 unspecified atom stereocenters. The molecule has 0 N–H and O–H groups in total. The van der Waals surface area contributed by atoms with Gasteiger partial charge >= 0.3 is 6.18 Å². The van der Waals surface area contributed by atoms with E-state index in [2.05, 4.69) is 20.3 Å². The molecule has 4 aromatic rings. The zero-order valence-electron chi connectivity index (χ0n) is 17.2. The SMILES string of the molecule is COCCn1c(SCc2nc(-c3cccc(C(F)(F)F)c3)no2)nnc1-c1ccc(Cl)cc1. The van der Waals surface area contributed by atoms with Crippen molar-refractivity contribution < 1.29 is 22.4 Å². The van der Waals surface area contributed by atoms with Gasteiger partial charge in [0.05, 0.1) is 24.5 Å². The number of ether oxygens (including phenoxy) is 1. The van der Waals surface area contributed by atoms with E-state index in [1.54, 1.807) is 19.2 Å². The average Bonchev–Trinajstić information content (AvgIpc) is 3.43. The van der Waals surface area contributed by atoms with E-state index in [1.165, 1.54) is 23.9 Å². The Balaban J connectivity index is 1.52. The average molecular weight is 496 g/mol. The van der Waals surface area contributed by atoms with E-state index in [-0.39, 0.29) is 23.0 Å². The van der Waals surface area contributed by atoms with Crippen molar-refractivity contribution in [2.45, 2.75) is 23.6 Å². The first kappa shape index (κ1) is 23.3. The minimum Gasteiger partial charge on any atom is -0.383 e. The molecule has 0 saturated carbocycles.